The van der Waals surface area contributed by atoms with Crippen molar-refractivity contribution in [3.63, 3.8) is 0 Å². The molecule has 81 heavy (non-hydrogen) atoms. The van der Waals surface area contributed by atoms with Crippen LogP contribution in [-0.2, 0) is 16.2 Å². The highest BCUT2D eigenvalue weighted by molar-refractivity contribution is 7.00. The average molecular weight is 1050 g/mol. The Balaban J connectivity index is 1.10. The van der Waals surface area contributed by atoms with Gasteiger partial charge in [0, 0.05) is 61.4 Å². The van der Waals surface area contributed by atoms with Crippen molar-refractivity contribution in [3.8, 4) is 16.8 Å². The molecule has 0 aliphatic carbocycles. The summed E-state index contributed by atoms with van der Waals surface area (Å²) in [5.41, 5.74) is 25.0. The van der Waals surface area contributed by atoms with Crippen LogP contribution in [0.3, 0.4) is 0 Å². The van der Waals surface area contributed by atoms with E-state index >= 15 is 0 Å². The van der Waals surface area contributed by atoms with Crippen LogP contribution in [0.4, 0.5) is 51.2 Å². The molecule has 0 radical (unpaired) electrons. The molecule has 0 N–H and O–H groups in total. The molecule has 392 valence electrons. The number of para-hydroxylation sites is 3. The van der Waals surface area contributed by atoms with E-state index in [0.29, 0.717) is 0 Å². The first-order valence-corrected chi connectivity index (χ1v) is 28.6. The summed E-state index contributed by atoms with van der Waals surface area (Å²) in [5, 5.41) is 5.77. The minimum atomic E-state index is -0.302. The van der Waals surface area contributed by atoms with E-state index in [1.54, 1.807) is 0 Å². The van der Waals surface area contributed by atoms with Crippen molar-refractivity contribution in [1.82, 2.24) is 4.57 Å². The van der Waals surface area contributed by atoms with Gasteiger partial charge in [-0.15, -0.1) is 0 Å². The zero-order chi connectivity index (χ0) is 55.0. The van der Waals surface area contributed by atoms with Crippen LogP contribution in [-0.4, -0.2) is 11.3 Å². The lowest BCUT2D eigenvalue weighted by molar-refractivity contribution is 0.590. The van der Waals surface area contributed by atoms with E-state index in [-0.39, 0.29) is 23.0 Å². The second kappa shape index (κ2) is 16.7. The van der Waals surface area contributed by atoms with Crippen molar-refractivity contribution in [2.24, 2.45) is 0 Å². The summed E-state index contributed by atoms with van der Waals surface area (Å²) < 4.78 is 17.0. The van der Waals surface area contributed by atoms with Crippen LogP contribution in [0.15, 0.2) is 215 Å². The Morgan fingerprint density at radius 1 is 0.383 bits per heavy atom. The molecule has 6 nitrogen and oxygen atoms in total. The second-order valence-electron chi connectivity index (χ2n) is 25.8. The van der Waals surface area contributed by atoms with Gasteiger partial charge < -0.3 is 28.1 Å². The van der Waals surface area contributed by atoms with Gasteiger partial charge in [0.15, 0.2) is 0 Å². The summed E-state index contributed by atoms with van der Waals surface area (Å²) in [4.78, 5) is 7.59. The lowest BCUT2D eigenvalue weighted by Crippen LogP contribution is -2.61. The molecule has 0 unspecified atom stereocenters. The van der Waals surface area contributed by atoms with Gasteiger partial charge in [-0.05, 0) is 152 Å². The van der Waals surface area contributed by atoms with E-state index in [9.17, 15) is 0 Å². The minimum Gasteiger partial charge on any atom is -0.468 e. The van der Waals surface area contributed by atoms with Gasteiger partial charge in [-0.3, -0.25) is 0 Å². The molecule has 0 bridgehead atoms. The predicted molar refractivity (Wildman–Crippen MR) is 342 cm³/mol. The Morgan fingerprint density at radius 2 is 0.988 bits per heavy atom. The fraction of sp³-hybridized carbons (Fsp3) is 0.162. The van der Waals surface area contributed by atoms with Crippen LogP contribution in [0.25, 0.3) is 71.5 Å². The zero-order valence-corrected chi connectivity index (χ0v) is 47.3. The van der Waals surface area contributed by atoms with Crippen LogP contribution >= 0.6 is 0 Å². The Labute approximate surface area is 473 Å². The molecule has 0 saturated carbocycles. The van der Waals surface area contributed by atoms with E-state index < -0.39 is 0 Å². The zero-order valence-electron chi connectivity index (χ0n) is 47.3. The summed E-state index contributed by atoms with van der Waals surface area (Å²) in [6.45, 7) is 20.8. The summed E-state index contributed by atoms with van der Waals surface area (Å²) >= 11 is 0. The third-order valence-corrected chi connectivity index (χ3v) is 17.7. The van der Waals surface area contributed by atoms with E-state index in [2.05, 4.69) is 288 Å². The number of hydrogen-bond donors (Lipinski definition) is 0. The molecule has 0 fully saturated rings. The largest absolute Gasteiger partial charge is 0.468 e. The van der Waals surface area contributed by atoms with Gasteiger partial charge in [0.1, 0.15) is 16.7 Å². The summed E-state index contributed by atoms with van der Waals surface area (Å²) in [6, 6.07) is 76.5. The van der Waals surface area contributed by atoms with Gasteiger partial charge in [0.25, 0.3) is 6.71 Å². The SMILES string of the molecule is CC(C)(C)c1cc2c3c(c1)-n1c4ccc(C(C)(C)C)cc4c4cc(C(C)(C)C)cc(c41)N3c1cc(N(c3ccccc3)c3ccccc3)cc3c1B2c1oc2ccc(-c4ccccc4)cc2c1N3c1ccc2c(c1)oc1ccccc12. The highest BCUT2D eigenvalue weighted by Gasteiger charge is 2.50. The van der Waals surface area contributed by atoms with E-state index in [0.717, 1.165) is 89.5 Å². The maximum atomic E-state index is 7.63. The van der Waals surface area contributed by atoms with E-state index in [1.807, 2.05) is 0 Å². The second-order valence-corrected chi connectivity index (χ2v) is 25.8. The standard InChI is InChI=1S/C74H61BN4O2/c1-72(2,3)46-30-33-59-55(36-46)56-37-47(73(4,5)6)39-62-68(56)78(59)63-40-48(74(7,8)9)38-58-70(63)79(62)61-42-52(76(49-23-15-11-16-24-49)50-25-17-12-18-26-50)41-60-67(61)75(58)71-69(57-35-45(29-34-65(57)81-71)44-21-13-10-14-22-44)77(60)51-31-32-54-53-27-19-20-28-64(53)80-66(54)43-51/h10-43H,1-9H3. The molecule has 0 amide bonds. The van der Waals surface area contributed by atoms with Crippen LogP contribution < -0.4 is 31.3 Å². The maximum Gasteiger partial charge on any atom is 0.297 e. The molecule has 7 heteroatoms. The molecule has 3 aromatic heterocycles. The van der Waals surface area contributed by atoms with Crippen molar-refractivity contribution in [1.29, 1.82) is 0 Å². The van der Waals surface area contributed by atoms with Crippen LogP contribution in [0.2, 0.25) is 0 Å². The Bertz CT molecular complexity index is 4740. The van der Waals surface area contributed by atoms with Gasteiger partial charge in [-0.2, -0.15) is 0 Å². The number of hydrogen-bond acceptors (Lipinski definition) is 5. The monoisotopic (exact) mass is 1050 g/mol. The number of fused-ring (bicyclic) bond motifs is 14. The predicted octanol–water partition coefficient (Wildman–Crippen LogP) is 18.9. The molecular formula is C74H61BN4O2. The molecule has 16 rings (SSSR count). The van der Waals surface area contributed by atoms with Crippen molar-refractivity contribution in [2.45, 2.75) is 78.6 Å². The topological polar surface area (TPSA) is 40.9 Å². The van der Waals surface area contributed by atoms with Crippen molar-refractivity contribution in [3.05, 3.63) is 223 Å². The Kier molecular flexibility index (Phi) is 9.84. The number of furan rings is 2. The van der Waals surface area contributed by atoms with Crippen LogP contribution in [0.1, 0.15) is 79.0 Å². The van der Waals surface area contributed by atoms with Crippen LogP contribution in [0.5, 0.6) is 0 Å². The summed E-state index contributed by atoms with van der Waals surface area (Å²) in [6.07, 6.45) is 0. The van der Waals surface area contributed by atoms with Crippen molar-refractivity contribution >= 4 is 129 Å². The molecule has 0 saturated heterocycles. The van der Waals surface area contributed by atoms with Crippen LogP contribution in [0, 0.1) is 0 Å². The van der Waals surface area contributed by atoms with Crippen molar-refractivity contribution in [2.75, 3.05) is 14.7 Å². The molecular weight excluding hydrogens is 988 g/mol. The number of benzene rings is 10. The molecule has 13 aromatic rings. The summed E-state index contributed by atoms with van der Waals surface area (Å²) in [5.74, 6) is 0. The molecule has 0 spiro atoms. The third-order valence-electron chi connectivity index (χ3n) is 17.7. The van der Waals surface area contributed by atoms with Gasteiger partial charge in [-0.25, -0.2) is 0 Å². The molecule has 0 atom stereocenters. The first-order chi connectivity index (χ1) is 39.1. The number of anilines is 9. The molecule has 6 heterocycles. The fourth-order valence-electron chi connectivity index (χ4n) is 13.5. The lowest BCUT2D eigenvalue weighted by Gasteiger charge is -2.46. The first kappa shape index (κ1) is 47.8. The van der Waals surface area contributed by atoms with Gasteiger partial charge in [0.2, 0.25) is 0 Å². The lowest BCUT2D eigenvalue weighted by atomic mass is 9.35. The number of aromatic nitrogens is 1. The fourth-order valence-corrected chi connectivity index (χ4v) is 13.5. The number of rotatable bonds is 5. The van der Waals surface area contributed by atoms with Gasteiger partial charge in [-0.1, -0.05) is 165 Å². The molecule has 3 aliphatic heterocycles. The Hall–Kier alpha value is -9.20. The smallest absolute Gasteiger partial charge is 0.297 e. The van der Waals surface area contributed by atoms with Crippen molar-refractivity contribution < 1.29 is 8.83 Å². The minimum absolute atomic E-state index is 0.0444. The quantitative estimate of drug-likeness (QED) is 0.161. The summed E-state index contributed by atoms with van der Waals surface area (Å²) in [7, 11) is 0. The molecule has 10 aromatic carbocycles. The third kappa shape index (κ3) is 7.00. The number of nitrogens with zero attached hydrogens (tertiary/aromatic N) is 4. The highest BCUT2D eigenvalue weighted by atomic mass is 16.3. The van der Waals surface area contributed by atoms with E-state index in [4.69, 9.17) is 8.83 Å². The molecule has 3 aliphatic rings. The van der Waals surface area contributed by atoms with Gasteiger partial charge in [0.05, 0.1) is 45.1 Å². The average Bonchev–Trinajstić information content (AvgIpc) is 3.96. The maximum absolute atomic E-state index is 7.63. The van der Waals surface area contributed by atoms with Gasteiger partial charge >= 0.3 is 0 Å². The highest BCUT2D eigenvalue weighted by Crippen LogP contribution is 2.56. The Morgan fingerprint density at radius 3 is 1.69 bits per heavy atom. The normalized spacial score (nSPS) is 13.7. The first-order valence-electron chi connectivity index (χ1n) is 28.6. The van der Waals surface area contributed by atoms with E-state index in [1.165, 1.54) is 66.5 Å².